The van der Waals surface area contributed by atoms with Crippen LogP contribution in [0, 0.1) is 11.3 Å². The predicted molar refractivity (Wildman–Crippen MR) is 99.9 cm³/mol. The van der Waals surface area contributed by atoms with E-state index in [1.807, 2.05) is 6.07 Å². The Hall–Kier alpha value is -2.90. The van der Waals surface area contributed by atoms with Gasteiger partial charge in [0.15, 0.2) is 0 Å². The number of amides is 2. The first-order valence-electron chi connectivity index (χ1n) is 8.12. The fourth-order valence-electron chi connectivity index (χ4n) is 2.33. The van der Waals surface area contributed by atoms with Gasteiger partial charge in [0, 0.05) is 13.0 Å². The van der Waals surface area contributed by atoms with Gasteiger partial charge in [-0.25, -0.2) is 0 Å². The van der Waals surface area contributed by atoms with Crippen molar-refractivity contribution >= 4 is 33.8 Å². The highest BCUT2D eigenvalue weighted by molar-refractivity contribution is 7.14. The van der Waals surface area contributed by atoms with E-state index in [0.717, 1.165) is 6.07 Å². The van der Waals surface area contributed by atoms with Crippen molar-refractivity contribution in [1.82, 2.24) is 4.90 Å². The topological polar surface area (TPSA) is 85.2 Å². The van der Waals surface area contributed by atoms with E-state index in [0.29, 0.717) is 10.6 Å². The van der Waals surface area contributed by atoms with Crippen molar-refractivity contribution in [1.29, 1.82) is 5.26 Å². The van der Waals surface area contributed by atoms with E-state index in [1.54, 1.807) is 18.5 Å². The zero-order chi connectivity index (χ0) is 20.7. The first-order valence-corrected chi connectivity index (χ1v) is 9.00. The number of likely N-dealkylation sites (N-methyl/N-ethyl adjacent to an activating group) is 1. The molecule has 0 bridgehead atoms. The number of nitrogens with one attached hydrogen (secondary N) is 2. The van der Waals surface area contributed by atoms with E-state index in [1.165, 1.54) is 34.4 Å². The number of hydrogen-bond donors (Lipinski definition) is 2. The second kappa shape index (κ2) is 9.34. The molecule has 0 aliphatic rings. The maximum Gasteiger partial charge on any atom is 0.418 e. The van der Waals surface area contributed by atoms with Gasteiger partial charge in [0.25, 0.3) is 0 Å². The molecule has 148 valence electrons. The average Bonchev–Trinajstić information content (AvgIpc) is 3.06. The van der Waals surface area contributed by atoms with Gasteiger partial charge in [0.05, 0.1) is 23.4 Å². The summed E-state index contributed by atoms with van der Waals surface area (Å²) in [7, 11) is 1.58. The first kappa shape index (κ1) is 21.4. The van der Waals surface area contributed by atoms with Crippen LogP contribution in [-0.4, -0.2) is 36.9 Å². The summed E-state index contributed by atoms with van der Waals surface area (Å²) >= 11 is 1.23. The minimum atomic E-state index is -4.57. The second-order valence-electron chi connectivity index (χ2n) is 5.90. The highest BCUT2D eigenvalue weighted by atomic mass is 32.1. The van der Waals surface area contributed by atoms with Crippen LogP contribution in [0.3, 0.4) is 0 Å². The van der Waals surface area contributed by atoms with E-state index in [-0.39, 0.29) is 31.1 Å². The fourth-order valence-corrected chi connectivity index (χ4v) is 3.08. The highest BCUT2D eigenvalue weighted by Gasteiger charge is 2.33. The Morgan fingerprint density at radius 2 is 1.89 bits per heavy atom. The molecule has 0 aliphatic heterocycles. The zero-order valence-electron chi connectivity index (χ0n) is 14.8. The van der Waals surface area contributed by atoms with Gasteiger partial charge in [0.1, 0.15) is 11.1 Å². The molecule has 0 atom stereocenters. The third-order valence-electron chi connectivity index (χ3n) is 3.68. The molecule has 0 saturated heterocycles. The molecule has 2 N–H and O–H groups in total. The van der Waals surface area contributed by atoms with E-state index >= 15 is 0 Å². The van der Waals surface area contributed by atoms with Crippen LogP contribution in [0.2, 0.25) is 0 Å². The maximum absolute atomic E-state index is 13.0. The lowest BCUT2D eigenvalue weighted by Gasteiger charge is -2.17. The molecule has 6 nitrogen and oxygen atoms in total. The van der Waals surface area contributed by atoms with Crippen LogP contribution in [0.5, 0.6) is 0 Å². The van der Waals surface area contributed by atoms with E-state index in [4.69, 9.17) is 5.26 Å². The molecule has 1 aromatic carbocycles. The number of anilines is 2. The summed E-state index contributed by atoms with van der Waals surface area (Å²) in [5.41, 5.74) is -0.864. The normalized spacial score (nSPS) is 11.1. The Labute approximate surface area is 163 Å². The molecular formula is C18H17F3N4O2S. The summed E-state index contributed by atoms with van der Waals surface area (Å²) in [4.78, 5) is 25.5. The van der Waals surface area contributed by atoms with Gasteiger partial charge >= 0.3 is 6.18 Å². The number of nitriles is 1. The van der Waals surface area contributed by atoms with Gasteiger partial charge in [-0.05, 0) is 30.6 Å². The number of hydrogen-bond acceptors (Lipinski definition) is 5. The number of para-hydroxylation sites is 1. The molecule has 1 aromatic heterocycles. The van der Waals surface area contributed by atoms with Crippen molar-refractivity contribution in [3.8, 4) is 6.07 Å². The number of halogens is 3. The van der Waals surface area contributed by atoms with Crippen LogP contribution < -0.4 is 10.6 Å². The Kier molecular flexibility index (Phi) is 7.14. The summed E-state index contributed by atoms with van der Waals surface area (Å²) in [6, 6.07) is 8.28. The number of carbonyl (C=O) groups is 2. The molecule has 0 saturated carbocycles. The average molecular weight is 410 g/mol. The third kappa shape index (κ3) is 6.07. The quantitative estimate of drug-likeness (QED) is 0.731. The predicted octanol–water partition coefficient (Wildman–Crippen LogP) is 3.54. The van der Waals surface area contributed by atoms with Crippen molar-refractivity contribution in [2.75, 3.05) is 30.8 Å². The van der Waals surface area contributed by atoms with Crippen molar-refractivity contribution in [3.05, 3.63) is 46.8 Å². The molecule has 10 heteroatoms. The monoisotopic (exact) mass is 410 g/mol. The Morgan fingerprint density at radius 3 is 2.57 bits per heavy atom. The van der Waals surface area contributed by atoms with Crippen LogP contribution in [0.1, 0.15) is 17.5 Å². The zero-order valence-corrected chi connectivity index (χ0v) is 15.7. The number of thiophene rings is 1. The number of nitrogens with zero attached hydrogens (tertiary/aromatic N) is 2. The SMILES string of the molecule is CN(CCC(=O)Nc1sccc1C#N)CC(=O)Nc1ccccc1C(F)(F)F. The van der Waals surface area contributed by atoms with E-state index < -0.39 is 17.6 Å². The molecule has 0 radical (unpaired) electrons. The fraction of sp³-hybridized carbons (Fsp3) is 0.278. The van der Waals surface area contributed by atoms with Crippen LogP contribution in [0.4, 0.5) is 23.9 Å². The molecule has 0 spiro atoms. The van der Waals surface area contributed by atoms with Gasteiger partial charge in [-0.15, -0.1) is 11.3 Å². The van der Waals surface area contributed by atoms with Gasteiger partial charge < -0.3 is 10.6 Å². The van der Waals surface area contributed by atoms with Crippen molar-refractivity contribution in [2.45, 2.75) is 12.6 Å². The Balaban J connectivity index is 1.83. The minimum Gasteiger partial charge on any atom is -0.324 e. The lowest BCUT2D eigenvalue weighted by Crippen LogP contribution is -2.33. The summed E-state index contributed by atoms with van der Waals surface area (Å²) in [6.45, 7) is 0.0371. The maximum atomic E-state index is 13.0. The number of rotatable bonds is 7. The molecule has 0 unspecified atom stereocenters. The molecule has 0 fully saturated rings. The van der Waals surface area contributed by atoms with Crippen LogP contribution >= 0.6 is 11.3 Å². The third-order valence-corrected chi connectivity index (χ3v) is 4.51. The van der Waals surface area contributed by atoms with Crippen LogP contribution in [-0.2, 0) is 15.8 Å². The molecule has 2 amide bonds. The van der Waals surface area contributed by atoms with E-state index in [2.05, 4.69) is 10.6 Å². The lowest BCUT2D eigenvalue weighted by atomic mass is 10.1. The summed E-state index contributed by atoms with van der Waals surface area (Å²) in [5.74, 6) is -0.946. The summed E-state index contributed by atoms with van der Waals surface area (Å²) in [6.07, 6.45) is -4.51. The largest absolute Gasteiger partial charge is 0.418 e. The molecule has 0 aliphatic carbocycles. The van der Waals surface area contributed by atoms with Crippen molar-refractivity contribution in [2.24, 2.45) is 0 Å². The Morgan fingerprint density at radius 1 is 1.18 bits per heavy atom. The summed E-state index contributed by atoms with van der Waals surface area (Å²) < 4.78 is 38.9. The molecular weight excluding hydrogens is 393 g/mol. The van der Waals surface area contributed by atoms with Gasteiger partial charge in [0.2, 0.25) is 11.8 Å². The van der Waals surface area contributed by atoms with Crippen molar-refractivity contribution in [3.63, 3.8) is 0 Å². The molecule has 2 aromatic rings. The van der Waals surface area contributed by atoms with Gasteiger partial charge in [-0.2, -0.15) is 18.4 Å². The minimum absolute atomic E-state index is 0.0612. The molecule has 28 heavy (non-hydrogen) atoms. The smallest absolute Gasteiger partial charge is 0.324 e. The first-order chi connectivity index (χ1) is 13.2. The highest BCUT2D eigenvalue weighted by Crippen LogP contribution is 2.34. The van der Waals surface area contributed by atoms with Crippen LogP contribution in [0.15, 0.2) is 35.7 Å². The summed E-state index contributed by atoms with van der Waals surface area (Å²) in [5, 5.41) is 15.9. The standard InChI is InChI=1S/C18H17F3N4O2S/c1-25(8-6-15(26)24-17-12(10-22)7-9-28-17)11-16(27)23-14-5-3-2-4-13(14)18(19,20)21/h2-5,7,9H,6,8,11H2,1H3,(H,23,27)(H,24,26). The van der Waals surface area contributed by atoms with E-state index in [9.17, 15) is 22.8 Å². The number of carbonyl (C=O) groups excluding carboxylic acids is 2. The van der Waals surface area contributed by atoms with Crippen molar-refractivity contribution < 1.29 is 22.8 Å². The number of benzene rings is 1. The lowest BCUT2D eigenvalue weighted by molar-refractivity contribution is -0.137. The number of alkyl halides is 3. The second-order valence-corrected chi connectivity index (χ2v) is 6.82. The molecule has 2 rings (SSSR count). The van der Waals surface area contributed by atoms with Gasteiger partial charge in [-0.1, -0.05) is 12.1 Å². The van der Waals surface area contributed by atoms with Gasteiger partial charge in [-0.3, -0.25) is 14.5 Å². The van der Waals surface area contributed by atoms with Crippen LogP contribution in [0.25, 0.3) is 0 Å². The Bertz CT molecular complexity index is 889. The molecule has 1 heterocycles.